The molecule has 24 heavy (non-hydrogen) atoms. The number of aliphatic hydroxyl groups is 1. The largest absolute Gasteiger partial charge is 0.376 e. The average Bonchev–Trinajstić information content (AvgIpc) is 2.60. The second-order valence-corrected chi connectivity index (χ2v) is 8.33. The van der Waals surface area contributed by atoms with E-state index in [1.165, 1.54) is 64.2 Å². The molecule has 138 valence electrons. The molecule has 3 fully saturated rings. The van der Waals surface area contributed by atoms with Crippen molar-refractivity contribution in [2.45, 2.75) is 94.9 Å². The van der Waals surface area contributed by atoms with Crippen LogP contribution in [0.15, 0.2) is 0 Å². The van der Waals surface area contributed by atoms with Gasteiger partial charge in [-0.3, -0.25) is 5.41 Å². The Bertz CT molecular complexity index is 419. The molecule has 5 heteroatoms. The van der Waals surface area contributed by atoms with E-state index in [1.807, 2.05) is 0 Å². The first-order chi connectivity index (χ1) is 11.6. The highest BCUT2D eigenvalue weighted by Crippen LogP contribution is 2.35. The van der Waals surface area contributed by atoms with Crippen LogP contribution in [-0.4, -0.2) is 47.5 Å². The van der Waals surface area contributed by atoms with Gasteiger partial charge in [0.25, 0.3) is 0 Å². The summed E-state index contributed by atoms with van der Waals surface area (Å²) in [6, 6.07) is 0. The fourth-order valence-corrected chi connectivity index (χ4v) is 4.77. The van der Waals surface area contributed by atoms with Gasteiger partial charge >= 0.3 is 0 Å². The molecule has 1 saturated heterocycles. The second-order valence-electron chi connectivity index (χ2n) is 8.33. The maximum Gasteiger partial charge on any atom is 0.193 e. The van der Waals surface area contributed by atoms with Gasteiger partial charge in [0.05, 0.1) is 18.2 Å². The number of nitrogens with one attached hydrogen (secondary N) is 2. The highest BCUT2D eigenvalue weighted by atomic mass is 16.5. The Kier molecular flexibility index (Phi) is 6.03. The molecule has 0 spiro atoms. The molecule has 3 rings (SSSR count). The van der Waals surface area contributed by atoms with E-state index in [1.54, 1.807) is 11.9 Å². The predicted octanol–water partition coefficient (Wildman–Crippen LogP) is 3.22. The van der Waals surface area contributed by atoms with Gasteiger partial charge in [0, 0.05) is 13.5 Å². The molecule has 2 atom stereocenters. The molecule has 2 aliphatic carbocycles. The van der Waals surface area contributed by atoms with E-state index >= 15 is 0 Å². The van der Waals surface area contributed by atoms with Gasteiger partial charge in [-0.05, 0) is 25.2 Å². The number of hydrogen-bond acceptors (Lipinski definition) is 3. The standard InChI is InChI=1S/C19H35N3O2/c1-22-17(23)13-19(21-18(22)20,12-15-8-4-2-5-9-15)14-24-16-10-6-3-7-11-16/h15-17,23H,2-14H2,1H3,(H2,20,21). The van der Waals surface area contributed by atoms with E-state index in [0.29, 0.717) is 31.0 Å². The zero-order valence-corrected chi connectivity index (χ0v) is 15.2. The second kappa shape index (κ2) is 8.05. The lowest BCUT2D eigenvalue weighted by Crippen LogP contribution is -2.65. The van der Waals surface area contributed by atoms with Crippen molar-refractivity contribution in [3.05, 3.63) is 0 Å². The van der Waals surface area contributed by atoms with Crippen molar-refractivity contribution in [1.29, 1.82) is 5.41 Å². The minimum absolute atomic E-state index is 0.275. The van der Waals surface area contributed by atoms with Crippen LogP contribution in [0.1, 0.15) is 77.0 Å². The number of nitrogens with zero attached hydrogens (tertiary/aromatic N) is 1. The highest BCUT2D eigenvalue weighted by Gasteiger charge is 2.42. The minimum Gasteiger partial charge on any atom is -0.376 e. The van der Waals surface area contributed by atoms with Crippen LogP contribution < -0.4 is 5.32 Å². The zero-order chi connectivity index (χ0) is 17.0. The third-order valence-electron chi connectivity index (χ3n) is 6.31. The van der Waals surface area contributed by atoms with Gasteiger partial charge in [-0.2, -0.15) is 0 Å². The highest BCUT2D eigenvalue weighted by molar-refractivity contribution is 5.78. The Balaban J connectivity index is 1.66. The lowest BCUT2D eigenvalue weighted by atomic mass is 9.77. The van der Waals surface area contributed by atoms with E-state index in [-0.39, 0.29) is 5.54 Å². The van der Waals surface area contributed by atoms with Gasteiger partial charge < -0.3 is 20.1 Å². The normalized spacial score (nSPS) is 33.5. The van der Waals surface area contributed by atoms with E-state index in [4.69, 9.17) is 10.1 Å². The fourth-order valence-electron chi connectivity index (χ4n) is 4.77. The van der Waals surface area contributed by atoms with Crippen LogP contribution in [0.2, 0.25) is 0 Å². The van der Waals surface area contributed by atoms with Crippen molar-refractivity contribution >= 4 is 5.96 Å². The molecule has 1 aliphatic heterocycles. The van der Waals surface area contributed by atoms with Crippen molar-refractivity contribution in [2.75, 3.05) is 13.7 Å². The van der Waals surface area contributed by atoms with Gasteiger partial charge in [0.15, 0.2) is 5.96 Å². The summed E-state index contributed by atoms with van der Waals surface area (Å²) < 4.78 is 6.31. The van der Waals surface area contributed by atoms with Crippen molar-refractivity contribution in [3.8, 4) is 0 Å². The summed E-state index contributed by atoms with van der Waals surface area (Å²) in [6.07, 6.45) is 14.2. The number of aliphatic hydroxyl groups excluding tert-OH is 1. The molecule has 0 aromatic rings. The molecular weight excluding hydrogens is 302 g/mol. The maximum absolute atomic E-state index is 10.4. The average molecular weight is 338 g/mol. The first-order valence-corrected chi connectivity index (χ1v) is 9.97. The fraction of sp³-hybridized carbons (Fsp3) is 0.947. The van der Waals surface area contributed by atoms with Crippen LogP contribution in [-0.2, 0) is 4.74 Å². The van der Waals surface area contributed by atoms with Crippen molar-refractivity contribution < 1.29 is 9.84 Å². The Morgan fingerprint density at radius 1 is 1.12 bits per heavy atom. The van der Waals surface area contributed by atoms with Crippen molar-refractivity contribution in [2.24, 2.45) is 5.92 Å². The lowest BCUT2D eigenvalue weighted by Gasteiger charge is -2.47. The van der Waals surface area contributed by atoms with E-state index in [0.717, 1.165) is 6.42 Å². The molecule has 5 nitrogen and oxygen atoms in total. The molecule has 0 aromatic heterocycles. The van der Waals surface area contributed by atoms with E-state index in [2.05, 4.69) is 5.32 Å². The first kappa shape index (κ1) is 18.0. The van der Waals surface area contributed by atoms with Crippen LogP contribution in [0.3, 0.4) is 0 Å². The number of rotatable bonds is 5. The van der Waals surface area contributed by atoms with Crippen molar-refractivity contribution in [1.82, 2.24) is 10.2 Å². The third kappa shape index (κ3) is 4.42. The summed E-state index contributed by atoms with van der Waals surface area (Å²) in [5.41, 5.74) is -0.275. The lowest BCUT2D eigenvalue weighted by molar-refractivity contribution is -0.0551. The summed E-state index contributed by atoms with van der Waals surface area (Å²) in [6.45, 7) is 0.626. The molecule has 2 saturated carbocycles. The van der Waals surface area contributed by atoms with Gasteiger partial charge in [-0.15, -0.1) is 0 Å². The van der Waals surface area contributed by atoms with Crippen molar-refractivity contribution in [3.63, 3.8) is 0 Å². The molecule has 0 amide bonds. The maximum atomic E-state index is 10.4. The number of hydrogen-bond donors (Lipinski definition) is 3. The quantitative estimate of drug-likeness (QED) is 0.720. The summed E-state index contributed by atoms with van der Waals surface area (Å²) in [5.74, 6) is 1.03. The molecule has 3 N–H and O–H groups in total. The van der Waals surface area contributed by atoms with Crippen LogP contribution >= 0.6 is 0 Å². The Labute approximate surface area is 146 Å². The van der Waals surface area contributed by atoms with E-state index < -0.39 is 6.23 Å². The molecule has 0 aromatic carbocycles. The molecule has 1 heterocycles. The summed E-state index contributed by atoms with van der Waals surface area (Å²) >= 11 is 0. The zero-order valence-electron chi connectivity index (χ0n) is 15.2. The van der Waals surface area contributed by atoms with Gasteiger partial charge in [-0.1, -0.05) is 51.4 Å². The Morgan fingerprint density at radius 3 is 2.38 bits per heavy atom. The van der Waals surface area contributed by atoms with Gasteiger partial charge in [-0.25, -0.2) is 0 Å². The number of ether oxygens (including phenoxy) is 1. The number of guanidine groups is 1. The minimum atomic E-state index is -0.586. The monoisotopic (exact) mass is 337 g/mol. The van der Waals surface area contributed by atoms with Gasteiger partial charge in [0.2, 0.25) is 0 Å². The molecule has 0 radical (unpaired) electrons. The van der Waals surface area contributed by atoms with Crippen LogP contribution in [0.25, 0.3) is 0 Å². The van der Waals surface area contributed by atoms with Crippen LogP contribution in [0.4, 0.5) is 0 Å². The van der Waals surface area contributed by atoms with Gasteiger partial charge in [0.1, 0.15) is 6.23 Å². The third-order valence-corrected chi connectivity index (χ3v) is 6.31. The summed E-state index contributed by atoms with van der Waals surface area (Å²) in [5, 5.41) is 22.1. The SMILES string of the molecule is CN1C(=N)NC(COC2CCCCC2)(CC2CCCCC2)CC1O. The van der Waals surface area contributed by atoms with E-state index in [9.17, 15) is 5.11 Å². The molecule has 3 aliphatic rings. The molecule has 2 unspecified atom stereocenters. The summed E-state index contributed by atoms with van der Waals surface area (Å²) in [4.78, 5) is 1.62. The predicted molar refractivity (Wildman–Crippen MR) is 96.0 cm³/mol. The smallest absolute Gasteiger partial charge is 0.193 e. The van der Waals surface area contributed by atoms with Crippen LogP contribution in [0, 0.1) is 11.3 Å². The Morgan fingerprint density at radius 2 is 1.75 bits per heavy atom. The summed E-state index contributed by atoms with van der Waals surface area (Å²) in [7, 11) is 1.78. The molecular formula is C19H35N3O2. The molecule has 0 bridgehead atoms. The topological polar surface area (TPSA) is 68.6 Å². The Hall–Kier alpha value is -0.810. The van der Waals surface area contributed by atoms with Crippen LogP contribution in [0.5, 0.6) is 0 Å². The first-order valence-electron chi connectivity index (χ1n) is 9.97.